The molecule has 37 heavy (non-hydrogen) atoms. The molecule has 5 aliphatic rings. The standard InChI is InChI=1S/C26H19Cl2N3O6/c27-13-4-5-17(20(28)9-13)24(33)29(11-21(32)12-2-1-3-14(8-12)31(36)37)30-25(34)22-15-6-7-16(19-10-18(15)19)23(22)26(30)35/h1-9,15-16,18-19,22-23H,10-11H2/t15-,16-,18-,19-,22+,23+/m1/s1. The van der Waals surface area contributed by atoms with Gasteiger partial charge in [-0.2, -0.15) is 5.01 Å². The Labute approximate surface area is 220 Å². The Morgan fingerprint density at radius 1 is 1.00 bits per heavy atom. The smallest absolute Gasteiger partial charge is 0.274 e. The van der Waals surface area contributed by atoms with E-state index in [1.54, 1.807) is 0 Å². The number of imide groups is 1. The van der Waals surface area contributed by atoms with E-state index in [0.717, 1.165) is 22.5 Å². The van der Waals surface area contributed by atoms with Gasteiger partial charge in [-0.1, -0.05) is 47.5 Å². The Balaban J connectivity index is 1.38. The zero-order valence-corrected chi connectivity index (χ0v) is 20.6. The molecule has 0 N–H and O–H groups in total. The maximum atomic E-state index is 13.7. The lowest BCUT2D eigenvalue weighted by Crippen LogP contribution is -2.52. The highest BCUT2D eigenvalue weighted by atomic mass is 35.5. The Morgan fingerprint density at radius 3 is 2.24 bits per heavy atom. The van der Waals surface area contributed by atoms with Gasteiger partial charge in [0.1, 0.15) is 6.54 Å². The molecule has 0 unspecified atom stereocenters. The lowest BCUT2D eigenvalue weighted by molar-refractivity contribution is -0.384. The average Bonchev–Trinajstić information content (AvgIpc) is 3.66. The van der Waals surface area contributed by atoms with Crippen LogP contribution >= 0.6 is 23.2 Å². The minimum atomic E-state index is -0.828. The van der Waals surface area contributed by atoms with Crippen molar-refractivity contribution in [3.63, 3.8) is 0 Å². The highest BCUT2D eigenvalue weighted by Crippen LogP contribution is 2.65. The fourth-order valence-electron chi connectivity index (χ4n) is 6.23. The van der Waals surface area contributed by atoms with E-state index in [-0.39, 0.29) is 38.7 Å². The molecule has 1 saturated heterocycles. The molecule has 2 saturated carbocycles. The lowest BCUT2D eigenvalue weighted by atomic mass is 9.63. The van der Waals surface area contributed by atoms with E-state index in [2.05, 4.69) is 0 Å². The molecule has 188 valence electrons. The number of carbonyl (C=O) groups excluding carboxylic acids is 4. The number of nitro groups is 1. The van der Waals surface area contributed by atoms with E-state index in [4.69, 9.17) is 23.2 Å². The molecule has 7 rings (SSSR count). The fraction of sp³-hybridized carbons (Fsp3) is 0.308. The van der Waals surface area contributed by atoms with Crippen molar-refractivity contribution in [3.8, 4) is 0 Å². The van der Waals surface area contributed by atoms with Crippen LogP contribution < -0.4 is 0 Å². The number of hydrazine groups is 1. The van der Waals surface area contributed by atoms with Crippen molar-refractivity contribution in [1.29, 1.82) is 0 Å². The Hall–Kier alpha value is -3.56. The number of halogens is 2. The molecular weight excluding hydrogens is 521 g/mol. The first kappa shape index (κ1) is 23.8. The molecule has 2 aromatic carbocycles. The highest BCUT2D eigenvalue weighted by Gasteiger charge is 2.68. The van der Waals surface area contributed by atoms with Crippen LogP contribution in [0.4, 0.5) is 5.69 Å². The van der Waals surface area contributed by atoms with Crippen molar-refractivity contribution < 1.29 is 24.1 Å². The van der Waals surface area contributed by atoms with Crippen LogP contribution in [0.5, 0.6) is 0 Å². The van der Waals surface area contributed by atoms with Gasteiger partial charge in [-0.25, -0.2) is 5.01 Å². The number of ketones is 1. The molecule has 3 fully saturated rings. The molecule has 9 nitrogen and oxygen atoms in total. The molecule has 0 aromatic heterocycles. The molecule has 2 aromatic rings. The third-order valence-corrected chi connectivity index (χ3v) is 8.50. The quantitative estimate of drug-likeness (QED) is 0.178. The first-order valence-corrected chi connectivity index (χ1v) is 12.5. The van der Waals surface area contributed by atoms with Crippen molar-refractivity contribution in [2.24, 2.45) is 35.5 Å². The molecule has 0 radical (unpaired) electrons. The van der Waals surface area contributed by atoms with E-state index < -0.39 is 46.8 Å². The zero-order valence-electron chi connectivity index (χ0n) is 19.1. The summed E-state index contributed by atoms with van der Waals surface area (Å²) in [4.78, 5) is 65.0. The largest absolute Gasteiger partial charge is 0.292 e. The molecule has 4 aliphatic carbocycles. The van der Waals surface area contributed by atoms with Crippen LogP contribution in [0, 0.1) is 45.6 Å². The van der Waals surface area contributed by atoms with E-state index >= 15 is 0 Å². The summed E-state index contributed by atoms with van der Waals surface area (Å²) in [7, 11) is 0. The fourth-order valence-corrected chi connectivity index (χ4v) is 6.72. The average molecular weight is 540 g/mol. The minimum Gasteiger partial charge on any atom is -0.292 e. The van der Waals surface area contributed by atoms with Crippen LogP contribution in [0.1, 0.15) is 27.1 Å². The zero-order chi connectivity index (χ0) is 26.2. The maximum absolute atomic E-state index is 13.7. The van der Waals surface area contributed by atoms with Gasteiger partial charge in [-0.15, -0.1) is 0 Å². The summed E-state index contributed by atoms with van der Waals surface area (Å²) < 4.78 is 0. The first-order valence-electron chi connectivity index (χ1n) is 11.8. The summed E-state index contributed by atoms with van der Waals surface area (Å²) in [6.45, 7) is -0.689. The van der Waals surface area contributed by atoms with Gasteiger partial charge < -0.3 is 0 Å². The molecule has 1 heterocycles. The van der Waals surface area contributed by atoms with Crippen molar-refractivity contribution in [2.75, 3.05) is 6.54 Å². The van der Waals surface area contributed by atoms with Gasteiger partial charge in [0.2, 0.25) is 0 Å². The van der Waals surface area contributed by atoms with Gasteiger partial charge in [-0.05, 0) is 48.3 Å². The van der Waals surface area contributed by atoms with Gasteiger partial charge in [0.05, 0.1) is 27.3 Å². The molecule has 2 bridgehead atoms. The maximum Gasteiger partial charge on any atom is 0.274 e. The van der Waals surface area contributed by atoms with E-state index in [0.29, 0.717) is 11.8 Å². The minimum absolute atomic E-state index is 0.00945. The number of allylic oxidation sites excluding steroid dienone is 2. The summed E-state index contributed by atoms with van der Waals surface area (Å²) in [6, 6.07) is 9.19. The van der Waals surface area contributed by atoms with Crippen molar-refractivity contribution in [2.45, 2.75) is 6.42 Å². The molecular formula is C26H19Cl2N3O6. The molecule has 6 atom stereocenters. The second kappa shape index (κ2) is 8.49. The summed E-state index contributed by atoms with van der Waals surface area (Å²) >= 11 is 12.2. The number of benzene rings is 2. The number of non-ortho nitro benzene ring substituents is 1. The molecule has 11 heteroatoms. The first-order chi connectivity index (χ1) is 17.7. The van der Waals surface area contributed by atoms with Crippen LogP contribution in [0.2, 0.25) is 10.0 Å². The predicted octanol–water partition coefficient (Wildman–Crippen LogP) is 4.19. The van der Waals surface area contributed by atoms with Gasteiger partial charge in [0.15, 0.2) is 5.78 Å². The van der Waals surface area contributed by atoms with Crippen molar-refractivity contribution in [1.82, 2.24) is 10.0 Å². The number of Topliss-reactive ketones (excluding diaryl/α,β-unsaturated/α-hetero) is 1. The van der Waals surface area contributed by atoms with Crippen molar-refractivity contribution in [3.05, 3.63) is 85.9 Å². The van der Waals surface area contributed by atoms with E-state index in [1.807, 2.05) is 12.2 Å². The number of amides is 3. The summed E-state index contributed by atoms with van der Waals surface area (Å²) in [6.07, 6.45) is 4.99. The Kier molecular flexibility index (Phi) is 5.47. The monoisotopic (exact) mass is 539 g/mol. The number of carbonyl (C=O) groups is 4. The summed E-state index contributed by atoms with van der Waals surface area (Å²) in [5.74, 6) is -3.17. The third kappa shape index (κ3) is 3.67. The number of hydrogen-bond donors (Lipinski definition) is 0. The van der Waals surface area contributed by atoms with Crippen LogP contribution in [0.15, 0.2) is 54.6 Å². The summed E-state index contributed by atoms with van der Waals surface area (Å²) in [5, 5.41) is 13.1. The van der Waals surface area contributed by atoms with Gasteiger partial charge in [0.25, 0.3) is 23.4 Å². The predicted molar refractivity (Wildman–Crippen MR) is 131 cm³/mol. The second-order valence-electron chi connectivity index (χ2n) is 9.86. The lowest BCUT2D eigenvalue weighted by Gasteiger charge is -2.37. The number of nitro benzene ring substituents is 1. The van der Waals surface area contributed by atoms with Crippen LogP contribution in [-0.4, -0.2) is 45.0 Å². The molecule has 0 spiro atoms. The van der Waals surface area contributed by atoms with Crippen LogP contribution in [-0.2, 0) is 9.59 Å². The van der Waals surface area contributed by atoms with Crippen LogP contribution in [0.25, 0.3) is 0 Å². The van der Waals surface area contributed by atoms with Crippen molar-refractivity contribution >= 4 is 52.4 Å². The number of rotatable bonds is 6. The Bertz CT molecular complexity index is 1410. The van der Waals surface area contributed by atoms with Gasteiger partial charge in [0, 0.05) is 22.7 Å². The molecule has 3 amide bonds. The van der Waals surface area contributed by atoms with Gasteiger partial charge in [-0.3, -0.25) is 29.3 Å². The van der Waals surface area contributed by atoms with E-state index in [9.17, 15) is 29.3 Å². The Morgan fingerprint density at radius 2 is 1.65 bits per heavy atom. The normalized spacial score (nSPS) is 28.6. The highest BCUT2D eigenvalue weighted by molar-refractivity contribution is 6.36. The second-order valence-corrected chi connectivity index (χ2v) is 10.7. The van der Waals surface area contributed by atoms with Crippen LogP contribution in [0.3, 0.4) is 0 Å². The van der Waals surface area contributed by atoms with Gasteiger partial charge >= 0.3 is 0 Å². The summed E-state index contributed by atoms with van der Waals surface area (Å²) in [5.41, 5.74) is -0.378. The number of nitrogens with zero attached hydrogens (tertiary/aromatic N) is 3. The van der Waals surface area contributed by atoms with E-state index in [1.165, 1.54) is 36.4 Å². The topological polar surface area (TPSA) is 118 Å². The SMILES string of the molecule is O=C(CN(C(=O)c1ccc(Cl)cc1Cl)N1C(=O)[C@H]2[C@@H]3C=C[C@H]([C@H]4C[C@H]34)[C@@H]2C1=O)c1cccc([N+](=O)[O-])c1. The molecule has 1 aliphatic heterocycles. The third-order valence-electron chi connectivity index (χ3n) is 7.95. The number of hydrogen-bond acceptors (Lipinski definition) is 6.